The minimum absolute atomic E-state index is 0.0749. The summed E-state index contributed by atoms with van der Waals surface area (Å²) in [4.78, 5) is 16.8. The molecule has 1 amide bonds. The van der Waals surface area contributed by atoms with Crippen LogP contribution in [-0.4, -0.2) is 43.6 Å². The zero-order chi connectivity index (χ0) is 21.5. The highest BCUT2D eigenvalue weighted by Gasteiger charge is 2.24. The van der Waals surface area contributed by atoms with Crippen molar-refractivity contribution in [1.29, 1.82) is 5.26 Å². The van der Waals surface area contributed by atoms with E-state index >= 15 is 0 Å². The Morgan fingerprint density at radius 3 is 2.53 bits per heavy atom. The van der Waals surface area contributed by atoms with E-state index in [1.54, 1.807) is 29.2 Å². The monoisotopic (exact) mass is 485 g/mol. The van der Waals surface area contributed by atoms with Gasteiger partial charge in [0.1, 0.15) is 18.2 Å². The Bertz CT molecular complexity index is 970. The highest BCUT2D eigenvalue weighted by atomic mass is 79.9. The molecule has 0 aromatic heterocycles. The van der Waals surface area contributed by atoms with Crippen molar-refractivity contribution in [3.63, 3.8) is 0 Å². The smallest absolute Gasteiger partial charge is 0.264 e. The number of rotatable bonds is 6. The van der Waals surface area contributed by atoms with E-state index in [9.17, 15) is 10.1 Å². The van der Waals surface area contributed by atoms with Gasteiger partial charge in [-0.2, -0.15) is 5.26 Å². The third kappa shape index (κ3) is 5.24. The quantitative estimate of drug-likeness (QED) is 0.330. The van der Waals surface area contributed by atoms with Crippen molar-refractivity contribution in [3.8, 4) is 11.8 Å². The molecule has 1 aliphatic heterocycles. The van der Waals surface area contributed by atoms with Crippen LogP contribution < -0.4 is 9.64 Å². The number of nitrogens with zero attached hydrogens (tertiary/aromatic N) is 3. The maximum Gasteiger partial charge on any atom is 0.264 e. The lowest BCUT2D eigenvalue weighted by atomic mass is 10.1. The third-order valence-corrected chi connectivity index (χ3v) is 5.59. The molecule has 0 bridgehead atoms. The van der Waals surface area contributed by atoms with Crippen LogP contribution in [0.2, 0.25) is 5.02 Å². The summed E-state index contributed by atoms with van der Waals surface area (Å²) in [6.45, 7) is 6.51. The molecule has 1 fully saturated rings. The first-order valence-corrected chi connectivity index (χ1v) is 10.6. The van der Waals surface area contributed by atoms with Gasteiger partial charge >= 0.3 is 0 Å². The largest absolute Gasteiger partial charge is 0.487 e. The first-order valence-electron chi connectivity index (χ1n) is 9.47. The van der Waals surface area contributed by atoms with E-state index in [1.807, 2.05) is 24.3 Å². The fourth-order valence-electron chi connectivity index (χ4n) is 3.23. The molecule has 2 aromatic rings. The van der Waals surface area contributed by atoms with Gasteiger partial charge in [0, 0.05) is 31.9 Å². The zero-order valence-corrected chi connectivity index (χ0v) is 18.7. The lowest BCUT2D eigenvalue weighted by molar-refractivity contribution is -0.126. The number of benzene rings is 2. The fourth-order valence-corrected chi connectivity index (χ4v) is 4.22. The van der Waals surface area contributed by atoms with Crippen LogP contribution in [0, 0.1) is 11.3 Å². The second-order valence-electron chi connectivity index (χ2n) is 6.70. The molecule has 0 aliphatic carbocycles. The summed E-state index contributed by atoms with van der Waals surface area (Å²) >= 11 is 9.72. The van der Waals surface area contributed by atoms with E-state index in [2.05, 4.69) is 39.5 Å². The summed E-state index contributed by atoms with van der Waals surface area (Å²) in [6.07, 6.45) is 3.18. The molecule has 1 heterocycles. The minimum Gasteiger partial charge on any atom is -0.487 e. The Kier molecular flexibility index (Phi) is 7.56. The van der Waals surface area contributed by atoms with Crippen LogP contribution in [-0.2, 0) is 4.79 Å². The van der Waals surface area contributed by atoms with Crippen molar-refractivity contribution in [2.75, 3.05) is 37.7 Å². The number of hydrogen-bond donors (Lipinski definition) is 0. The molecule has 0 unspecified atom stereocenters. The molecule has 3 rings (SSSR count). The van der Waals surface area contributed by atoms with Crippen LogP contribution in [0.4, 0.5) is 5.69 Å². The summed E-state index contributed by atoms with van der Waals surface area (Å²) in [7, 11) is 0. The molecule has 1 aliphatic rings. The number of amides is 1. The zero-order valence-electron chi connectivity index (χ0n) is 16.4. The van der Waals surface area contributed by atoms with Gasteiger partial charge in [0.05, 0.1) is 9.50 Å². The Morgan fingerprint density at radius 1 is 1.23 bits per heavy atom. The van der Waals surface area contributed by atoms with E-state index in [1.165, 1.54) is 0 Å². The van der Waals surface area contributed by atoms with Crippen LogP contribution in [0.3, 0.4) is 0 Å². The van der Waals surface area contributed by atoms with Crippen LogP contribution in [0.15, 0.2) is 65.2 Å². The summed E-state index contributed by atoms with van der Waals surface area (Å²) in [5, 5.41) is 9.96. The Hall–Kier alpha value is -2.75. The molecular weight excluding hydrogens is 466 g/mol. The predicted molar refractivity (Wildman–Crippen MR) is 124 cm³/mol. The van der Waals surface area contributed by atoms with Crippen LogP contribution in [0.5, 0.6) is 5.75 Å². The molecule has 5 nitrogen and oxygen atoms in total. The number of carbonyl (C=O) groups excluding carboxylic acids is 1. The molecule has 154 valence electrons. The van der Waals surface area contributed by atoms with E-state index in [-0.39, 0.29) is 11.5 Å². The molecule has 0 N–H and O–H groups in total. The molecule has 30 heavy (non-hydrogen) atoms. The van der Waals surface area contributed by atoms with Crippen molar-refractivity contribution < 1.29 is 9.53 Å². The summed E-state index contributed by atoms with van der Waals surface area (Å²) in [6, 6.07) is 15.6. The SMILES string of the molecule is C=CCOc1c(Cl)cc(/C=C(/C#N)C(=O)N2CCN(c3ccccc3)CC2)cc1Br. The van der Waals surface area contributed by atoms with E-state index in [4.69, 9.17) is 16.3 Å². The molecule has 0 saturated carbocycles. The number of halogens is 2. The number of para-hydroxylation sites is 1. The molecule has 0 atom stereocenters. The molecule has 0 radical (unpaired) electrons. The molecular formula is C23H21BrClN3O2. The number of anilines is 1. The van der Waals surface area contributed by atoms with Crippen LogP contribution >= 0.6 is 27.5 Å². The van der Waals surface area contributed by atoms with Crippen molar-refractivity contribution in [2.45, 2.75) is 0 Å². The van der Waals surface area contributed by atoms with E-state index in [0.29, 0.717) is 40.5 Å². The van der Waals surface area contributed by atoms with Gasteiger partial charge in [0.2, 0.25) is 0 Å². The number of carbonyl (C=O) groups is 1. The van der Waals surface area contributed by atoms with Crippen molar-refractivity contribution in [1.82, 2.24) is 4.90 Å². The Balaban J connectivity index is 1.71. The maximum absolute atomic E-state index is 12.9. The summed E-state index contributed by atoms with van der Waals surface area (Å²) in [5.41, 5.74) is 1.86. The van der Waals surface area contributed by atoms with Crippen molar-refractivity contribution in [2.24, 2.45) is 0 Å². The average molecular weight is 487 g/mol. The van der Waals surface area contributed by atoms with Gasteiger partial charge in [0.25, 0.3) is 5.91 Å². The number of ether oxygens (including phenoxy) is 1. The Labute approximate surface area is 189 Å². The van der Waals surface area contributed by atoms with Gasteiger partial charge in [-0.15, -0.1) is 0 Å². The van der Waals surface area contributed by atoms with Crippen LogP contribution in [0.1, 0.15) is 5.56 Å². The number of nitriles is 1. The molecule has 1 saturated heterocycles. The van der Waals surface area contributed by atoms with Gasteiger partial charge in [-0.1, -0.05) is 42.5 Å². The lowest BCUT2D eigenvalue weighted by Crippen LogP contribution is -2.49. The Morgan fingerprint density at radius 2 is 1.93 bits per heavy atom. The predicted octanol–water partition coefficient (Wildman–Crippen LogP) is 4.92. The summed E-state index contributed by atoms with van der Waals surface area (Å²) in [5.74, 6) is 0.222. The fraction of sp³-hybridized carbons (Fsp3) is 0.217. The normalized spacial score (nSPS) is 14.2. The van der Waals surface area contributed by atoms with Crippen LogP contribution in [0.25, 0.3) is 6.08 Å². The second-order valence-corrected chi connectivity index (χ2v) is 7.96. The van der Waals surface area contributed by atoms with Gasteiger partial charge in [0.15, 0.2) is 5.75 Å². The molecule has 2 aromatic carbocycles. The van der Waals surface area contributed by atoms with Gasteiger partial charge in [-0.25, -0.2) is 0 Å². The second kappa shape index (κ2) is 10.3. The molecule has 0 spiro atoms. The first kappa shape index (κ1) is 21.9. The first-order chi connectivity index (χ1) is 14.5. The molecule has 7 heteroatoms. The highest BCUT2D eigenvalue weighted by Crippen LogP contribution is 2.35. The van der Waals surface area contributed by atoms with Gasteiger partial charge < -0.3 is 14.5 Å². The van der Waals surface area contributed by atoms with Gasteiger partial charge in [-0.05, 0) is 51.8 Å². The maximum atomic E-state index is 12.9. The van der Waals surface area contributed by atoms with E-state index < -0.39 is 0 Å². The standard InChI is InChI=1S/C23H21BrClN3O2/c1-2-12-30-22-20(24)14-17(15-21(22)25)13-18(16-26)23(29)28-10-8-27(9-11-28)19-6-4-3-5-7-19/h2-7,13-15H,1,8-12H2/b18-13-. The topological polar surface area (TPSA) is 56.6 Å². The van der Waals surface area contributed by atoms with Crippen molar-refractivity contribution >= 4 is 45.2 Å². The average Bonchev–Trinajstić information content (AvgIpc) is 2.77. The summed E-state index contributed by atoms with van der Waals surface area (Å²) < 4.78 is 6.17. The van der Waals surface area contributed by atoms with Crippen molar-refractivity contribution in [3.05, 3.63) is 75.8 Å². The number of hydrogen-bond acceptors (Lipinski definition) is 4. The van der Waals surface area contributed by atoms with Gasteiger partial charge in [-0.3, -0.25) is 4.79 Å². The third-order valence-electron chi connectivity index (χ3n) is 4.72. The lowest BCUT2D eigenvalue weighted by Gasteiger charge is -2.36. The number of piperazine rings is 1. The minimum atomic E-state index is -0.274. The van der Waals surface area contributed by atoms with E-state index in [0.717, 1.165) is 18.8 Å². The highest BCUT2D eigenvalue weighted by molar-refractivity contribution is 9.10.